The van der Waals surface area contributed by atoms with Crippen molar-refractivity contribution in [3.8, 4) is 16.9 Å². The zero-order chi connectivity index (χ0) is 12.7. The van der Waals surface area contributed by atoms with Gasteiger partial charge in [0.05, 0.1) is 29.3 Å². The molecule has 5 heteroatoms. The highest BCUT2D eigenvalue weighted by Crippen LogP contribution is 2.25. The third-order valence-corrected chi connectivity index (χ3v) is 3.81. The summed E-state index contributed by atoms with van der Waals surface area (Å²) in [5.74, 6) is 0. The van der Waals surface area contributed by atoms with Crippen LogP contribution in [0, 0.1) is 0 Å². The summed E-state index contributed by atoms with van der Waals surface area (Å²) in [5, 5.41) is 16.8. The van der Waals surface area contributed by atoms with E-state index >= 15 is 0 Å². The van der Waals surface area contributed by atoms with E-state index in [0.717, 1.165) is 22.3 Å². The first kappa shape index (κ1) is 10.5. The maximum Gasteiger partial charge on any atom is 0.0749 e. The largest absolute Gasteiger partial charge is 0.278 e. The number of hydrogen-bond donors (Lipinski definition) is 1. The van der Waals surface area contributed by atoms with Crippen LogP contribution in [0.5, 0.6) is 0 Å². The number of fused-ring (bicyclic) bond motifs is 1. The predicted molar refractivity (Wildman–Crippen MR) is 76.5 cm³/mol. The van der Waals surface area contributed by atoms with Gasteiger partial charge < -0.3 is 0 Å². The van der Waals surface area contributed by atoms with E-state index in [1.165, 1.54) is 5.56 Å². The number of aromatic amines is 1. The molecular weight excluding hydrogens is 256 g/mol. The van der Waals surface area contributed by atoms with E-state index in [0.29, 0.717) is 0 Å². The van der Waals surface area contributed by atoms with E-state index in [1.807, 2.05) is 29.2 Å². The molecule has 1 aromatic carbocycles. The maximum absolute atomic E-state index is 4.42. The molecule has 0 aliphatic rings. The van der Waals surface area contributed by atoms with Crippen molar-refractivity contribution < 1.29 is 0 Å². The minimum Gasteiger partial charge on any atom is -0.278 e. The lowest BCUT2D eigenvalue weighted by atomic mass is 10.2. The molecule has 0 fully saturated rings. The van der Waals surface area contributed by atoms with Crippen molar-refractivity contribution in [1.29, 1.82) is 0 Å². The second-order valence-corrected chi connectivity index (χ2v) is 5.06. The molecule has 0 spiro atoms. The van der Waals surface area contributed by atoms with E-state index in [2.05, 4.69) is 44.3 Å². The maximum atomic E-state index is 4.42. The molecule has 0 saturated carbocycles. The van der Waals surface area contributed by atoms with Crippen LogP contribution in [0.25, 0.3) is 27.8 Å². The van der Waals surface area contributed by atoms with Crippen LogP contribution in [0.3, 0.4) is 0 Å². The van der Waals surface area contributed by atoms with Crippen molar-refractivity contribution in [2.24, 2.45) is 0 Å². The van der Waals surface area contributed by atoms with Crippen LogP contribution < -0.4 is 0 Å². The third kappa shape index (κ3) is 1.67. The van der Waals surface area contributed by atoms with Crippen molar-refractivity contribution >= 4 is 22.2 Å². The summed E-state index contributed by atoms with van der Waals surface area (Å²) >= 11 is 1.69. The summed E-state index contributed by atoms with van der Waals surface area (Å²) < 4.78 is 1.95. The second-order valence-electron chi connectivity index (χ2n) is 4.28. The molecule has 4 nitrogen and oxygen atoms in total. The summed E-state index contributed by atoms with van der Waals surface area (Å²) in [4.78, 5) is 0. The van der Waals surface area contributed by atoms with Crippen LogP contribution in [0.4, 0.5) is 0 Å². The predicted octanol–water partition coefficient (Wildman–Crippen LogP) is 3.48. The smallest absolute Gasteiger partial charge is 0.0749 e. The molecule has 0 aliphatic carbocycles. The molecule has 0 amide bonds. The Morgan fingerprint density at radius 2 is 2.16 bits per heavy atom. The molecule has 0 saturated heterocycles. The lowest BCUT2D eigenvalue weighted by Crippen LogP contribution is -1.98. The molecule has 92 valence electrons. The van der Waals surface area contributed by atoms with Crippen LogP contribution in [0.1, 0.15) is 0 Å². The average molecular weight is 266 g/mol. The van der Waals surface area contributed by atoms with E-state index < -0.39 is 0 Å². The number of H-pyrrole nitrogens is 1. The molecule has 0 bridgehead atoms. The molecule has 0 radical (unpaired) electrons. The number of rotatable bonds is 2. The van der Waals surface area contributed by atoms with Gasteiger partial charge in [-0.1, -0.05) is 0 Å². The van der Waals surface area contributed by atoms with Gasteiger partial charge in [0.2, 0.25) is 0 Å². The first-order chi connectivity index (χ1) is 9.42. The summed E-state index contributed by atoms with van der Waals surface area (Å²) in [5.41, 5.74) is 4.33. The summed E-state index contributed by atoms with van der Waals surface area (Å²) in [6.45, 7) is 0. The van der Waals surface area contributed by atoms with Crippen LogP contribution >= 0.6 is 11.3 Å². The Hall–Kier alpha value is -2.40. The Bertz CT molecular complexity index is 826. The van der Waals surface area contributed by atoms with Gasteiger partial charge in [0.15, 0.2) is 0 Å². The zero-order valence-corrected chi connectivity index (χ0v) is 10.8. The minimum atomic E-state index is 1.02. The van der Waals surface area contributed by atoms with Crippen LogP contribution in [0.15, 0.2) is 53.5 Å². The molecule has 0 atom stereocenters. The summed E-state index contributed by atoms with van der Waals surface area (Å²) in [6.07, 6.45) is 3.64. The van der Waals surface area contributed by atoms with Gasteiger partial charge in [0, 0.05) is 16.3 Å². The van der Waals surface area contributed by atoms with Gasteiger partial charge in [0.25, 0.3) is 0 Å². The quantitative estimate of drug-likeness (QED) is 0.604. The van der Waals surface area contributed by atoms with Gasteiger partial charge in [-0.25, -0.2) is 4.68 Å². The normalized spacial score (nSPS) is 11.2. The average Bonchev–Trinajstić information content (AvgIpc) is 3.18. The first-order valence-electron chi connectivity index (χ1n) is 5.92. The first-order valence-corrected chi connectivity index (χ1v) is 6.86. The molecule has 4 rings (SSSR count). The topological polar surface area (TPSA) is 46.5 Å². The van der Waals surface area contributed by atoms with Gasteiger partial charge in [-0.05, 0) is 35.7 Å². The van der Waals surface area contributed by atoms with Gasteiger partial charge in [0.1, 0.15) is 0 Å². The molecule has 19 heavy (non-hydrogen) atoms. The van der Waals surface area contributed by atoms with Gasteiger partial charge >= 0.3 is 0 Å². The zero-order valence-electron chi connectivity index (χ0n) is 9.95. The Morgan fingerprint density at radius 1 is 1.16 bits per heavy atom. The van der Waals surface area contributed by atoms with E-state index in [1.54, 1.807) is 11.3 Å². The van der Waals surface area contributed by atoms with Crippen molar-refractivity contribution in [3.05, 3.63) is 53.5 Å². The van der Waals surface area contributed by atoms with E-state index in [9.17, 15) is 0 Å². The van der Waals surface area contributed by atoms with Crippen molar-refractivity contribution in [2.75, 3.05) is 0 Å². The van der Waals surface area contributed by atoms with Crippen LogP contribution in [0.2, 0.25) is 0 Å². The molecule has 3 heterocycles. The fourth-order valence-corrected chi connectivity index (χ4v) is 2.84. The highest BCUT2D eigenvalue weighted by Gasteiger charge is 2.08. The van der Waals surface area contributed by atoms with E-state index in [-0.39, 0.29) is 0 Å². The second kappa shape index (κ2) is 4.07. The summed E-state index contributed by atoms with van der Waals surface area (Å²) in [7, 11) is 0. The fraction of sp³-hybridized carbons (Fsp3) is 0. The number of hydrogen-bond acceptors (Lipinski definition) is 3. The standard InChI is InChI=1S/C14H10N4S/c1-2-12(7-13-10(1)8-15-17-13)18-14(3-5-16-18)11-4-6-19-9-11/h1-9H,(H,15,17). The Labute approximate surface area is 113 Å². The molecule has 4 aromatic rings. The van der Waals surface area contributed by atoms with Gasteiger partial charge in [-0.2, -0.15) is 21.5 Å². The molecule has 0 unspecified atom stereocenters. The monoisotopic (exact) mass is 266 g/mol. The summed E-state index contributed by atoms with van der Waals surface area (Å²) in [6, 6.07) is 10.3. The highest BCUT2D eigenvalue weighted by atomic mass is 32.1. The van der Waals surface area contributed by atoms with Gasteiger partial charge in [-0.3, -0.25) is 5.10 Å². The number of aromatic nitrogens is 4. The SMILES string of the molecule is c1cc(-c2ccsc2)n(-c2ccc3cn[nH]c3c2)n1. The third-order valence-electron chi connectivity index (χ3n) is 3.13. The lowest BCUT2D eigenvalue weighted by molar-refractivity contribution is 0.889. The Balaban J connectivity index is 1.90. The Kier molecular flexibility index (Phi) is 2.25. The molecule has 0 aliphatic heterocycles. The number of thiophene rings is 1. The minimum absolute atomic E-state index is 1.02. The van der Waals surface area contributed by atoms with Gasteiger partial charge in [-0.15, -0.1) is 0 Å². The number of nitrogens with zero attached hydrogens (tertiary/aromatic N) is 3. The van der Waals surface area contributed by atoms with Crippen molar-refractivity contribution in [1.82, 2.24) is 20.0 Å². The van der Waals surface area contributed by atoms with Crippen LogP contribution in [-0.2, 0) is 0 Å². The van der Waals surface area contributed by atoms with Crippen molar-refractivity contribution in [2.45, 2.75) is 0 Å². The number of benzene rings is 1. The lowest BCUT2D eigenvalue weighted by Gasteiger charge is -2.06. The fourth-order valence-electron chi connectivity index (χ4n) is 2.19. The highest BCUT2D eigenvalue weighted by molar-refractivity contribution is 7.08. The van der Waals surface area contributed by atoms with Crippen LogP contribution in [-0.4, -0.2) is 20.0 Å². The molecular formula is C14H10N4S. The van der Waals surface area contributed by atoms with Crippen molar-refractivity contribution in [3.63, 3.8) is 0 Å². The molecule has 1 N–H and O–H groups in total. The molecule has 3 aromatic heterocycles. The van der Waals surface area contributed by atoms with E-state index in [4.69, 9.17) is 0 Å². The number of nitrogens with one attached hydrogen (secondary N) is 1. The Morgan fingerprint density at radius 3 is 3.05 bits per heavy atom.